The third-order valence-electron chi connectivity index (χ3n) is 4.10. The van der Waals surface area contributed by atoms with E-state index >= 15 is 0 Å². The minimum atomic E-state index is -1.55. The van der Waals surface area contributed by atoms with Crippen LogP contribution in [0.3, 0.4) is 0 Å². The quantitative estimate of drug-likeness (QED) is 0.469. The van der Waals surface area contributed by atoms with E-state index in [1.54, 1.807) is 30.3 Å². The summed E-state index contributed by atoms with van der Waals surface area (Å²) in [6.45, 7) is 1.34. The highest BCUT2D eigenvalue weighted by molar-refractivity contribution is 5.96. The normalized spacial score (nSPS) is 14.0. The van der Waals surface area contributed by atoms with E-state index in [-0.39, 0.29) is 0 Å². The van der Waals surface area contributed by atoms with Crippen molar-refractivity contribution in [3.05, 3.63) is 35.9 Å². The topological polar surface area (TPSA) is 128 Å². The molecule has 0 aliphatic rings. The zero-order valence-corrected chi connectivity index (χ0v) is 15.5. The van der Waals surface area contributed by atoms with E-state index in [1.807, 2.05) is 0 Å². The van der Waals surface area contributed by atoms with Gasteiger partial charge in [-0.3, -0.25) is 14.4 Å². The Morgan fingerprint density at radius 1 is 0.963 bits per heavy atom. The number of nitrogens with one attached hydrogen (secondary N) is 1. The molecule has 2 N–H and O–H groups in total. The van der Waals surface area contributed by atoms with Gasteiger partial charge in [-0.05, 0) is 5.56 Å². The molecule has 0 spiro atoms. The van der Waals surface area contributed by atoms with Crippen LogP contribution < -0.4 is 5.32 Å². The number of rotatable bonds is 9. The fourth-order valence-corrected chi connectivity index (χ4v) is 2.64. The molecular formula is C18H23NO8. The number of carbonyl (C=O) groups is 4. The predicted octanol–water partition coefficient (Wildman–Crippen LogP) is 0.542. The Labute approximate surface area is 156 Å². The summed E-state index contributed by atoms with van der Waals surface area (Å²) in [5, 5.41) is 11.8. The highest BCUT2D eigenvalue weighted by Gasteiger charge is 2.42. The average Bonchev–Trinajstić information content (AvgIpc) is 2.66. The van der Waals surface area contributed by atoms with Crippen LogP contribution in [0.4, 0.5) is 0 Å². The maximum absolute atomic E-state index is 12.6. The van der Waals surface area contributed by atoms with Crippen LogP contribution >= 0.6 is 0 Å². The van der Waals surface area contributed by atoms with Gasteiger partial charge in [-0.15, -0.1) is 0 Å². The van der Waals surface area contributed by atoms with Crippen molar-refractivity contribution in [2.45, 2.75) is 19.1 Å². The Morgan fingerprint density at radius 3 is 1.89 bits per heavy atom. The van der Waals surface area contributed by atoms with Crippen LogP contribution in [0, 0.1) is 11.8 Å². The number of hydrogen-bond acceptors (Lipinski definition) is 7. The van der Waals surface area contributed by atoms with E-state index in [1.165, 1.54) is 14.0 Å². The van der Waals surface area contributed by atoms with Crippen LogP contribution in [0.5, 0.6) is 0 Å². The van der Waals surface area contributed by atoms with E-state index in [2.05, 4.69) is 14.8 Å². The van der Waals surface area contributed by atoms with Crippen molar-refractivity contribution in [1.82, 2.24) is 5.32 Å². The lowest BCUT2D eigenvalue weighted by Gasteiger charge is -2.27. The first-order valence-corrected chi connectivity index (χ1v) is 8.05. The highest BCUT2D eigenvalue weighted by atomic mass is 16.5. The Hall–Kier alpha value is -2.94. The van der Waals surface area contributed by atoms with Crippen molar-refractivity contribution < 1.29 is 38.5 Å². The largest absolute Gasteiger partial charge is 0.480 e. The van der Waals surface area contributed by atoms with Gasteiger partial charge in [0, 0.05) is 13.0 Å². The van der Waals surface area contributed by atoms with Crippen molar-refractivity contribution in [2.24, 2.45) is 11.8 Å². The van der Waals surface area contributed by atoms with Crippen molar-refractivity contribution in [3.63, 3.8) is 0 Å². The van der Waals surface area contributed by atoms with Crippen LogP contribution in [0.25, 0.3) is 0 Å². The number of carbonyl (C=O) groups excluding carboxylic acids is 3. The van der Waals surface area contributed by atoms with Crippen LogP contribution in [0.15, 0.2) is 30.3 Å². The van der Waals surface area contributed by atoms with Gasteiger partial charge in [0.1, 0.15) is 6.04 Å². The molecule has 3 atom stereocenters. The lowest BCUT2D eigenvalue weighted by molar-refractivity contribution is -0.163. The SMILES string of the molecule is COC(=O)C(C(=O)OC)[C@H](C)[C@H](NC(=O)[C@H](OC)c1ccccc1)C(=O)O. The van der Waals surface area contributed by atoms with Crippen molar-refractivity contribution in [3.8, 4) is 0 Å². The van der Waals surface area contributed by atoms with E-state index in [9.17, 15) is 24.3 Å². The summed E-state index contributed by atoms with van der Waals surface area (Å²) in [5.41, 5.74) is 0.520. The summed E-state index contributed by atoms with van der Waals surface area (Å²) in [5.74, 6) is -6.71. The van der Waals surface area contributed by atoms with Gasteiger partial charge >= 0.3 is 17.9 Å². The predicted molar refractivity (Wildman–Crippen MR) is 92.4 cm³/mol. The van der Waals surface area contributed by atoms with Gasteiger partial charge in [0.15, 0.2) is 12.0 Å². The number of carboxylic acid groups (broad SMARTS) is 1. The zero-order chi connectivity index (χ0) is 20.6. The smallest absolute Gasteiger partial charge is 0.326 e. The second-order valence-electron chi connectivity index (χ2n) is 5.73. The molecule has 27 heavy (non-hydrogen) atoms. The summed E-state index contributed by atoms with van der Waals surface area (Å²) < 4.78 is 14.3. The molecule has 1 amide bonds. The summed E-state index contributed by atoms with van der Waals surface area (Å²) in [7, 11) is 3.44. The first-order chi connectivity index (χ1) is 12.8. The Bertz CT molecular complexity index is 659. The van der Waals surface area contributed by atoms with Crippen LogP contribution in [0.2, 0.25) is 0 Å². The molecule has 0 saturated carbocycles. The molecule has 0 radical (unpaired) electrons. The molecule has 0 saturated heterocycles. The molecule has 0 aromatic heterocycles. The molecule has 0 aliphatic heterocycles. The van der Waals surface area contributed by atoms with Crippen LogP contribution in [-0.4, -0.2) is 56.3 Å². The Morgan fingerprint density at radius 2 is 1.48 bits per heavy atom. The number of esters is 2. The van der Waals surface area contributed by atoms with Crippen molar-refractivity contribution in [2.75, 3.05) is 21.3 Å². The molecule has 0 aliphatic carbocycles. The summed E-state index contributed by atoms with van der Waals surface area (Å²) in [6.07, 6.45) is -1.06. The van der Waals surface area contributed by atoms with E-state index in [4.69, 9.17) is 4.74 Å². The van der Waals surface area contributed by atoms with Crippen molar-refractivity contribution in [1.29, 1.82) is 0 Å². The monoisotopic (exact) mass is 381 g/mol. The number of ether oxygens (including phenoxy) is 3. The third-order valence-corrected chi connectivity index (χ3v) is 4.10. The second-order valence-corrected chi connectivity index (χ2v) is 5.73. The van der Waals surface area contributed by atoms with Gasteiger partial charge in [0.25, 0.3) is 5.91 Å². The lowest BCUT2D eigenvalue weighted by atomic mass is 9.87. The Kier molecular flexibility index (Phi) is 8.40. The van der Waals surface area contributed by atoms with Crippen LogP contribution in [0.1, 0.15) is 18.6 Å². The number of carboxylic acids is 1. The molecule has 0 fully saturated rings. The van der Waals surface area contributed by atoms with Gasteiger partial charge in [-0.1, -0.05) is 37.3 Å². The molecule has 9 heteroatoms. The molecule has 0 unspecified atom stereocenters. The van der Waals surface area contributed by atoms with Gasteiger partial charge in [0.2, 0.25) is 0 Å². The first-order valence-electron chi connectivity index (χ1n) is 8.05. The number of benzene rings is 1. The average molecular weight is 381 g/mol. The molecule has 1 aromatic carbocycles. The maximum Gasteiger partial charge on any atom is 0.326 e. The van der Waals surface area contributed by atoms with Gasteiger partial charge in [-0.25, -0.2) is 4.79 Å². The summed E-state index contributed by atoms with van der Waals surface area (Å²) in [6, 6.07) is 6.92. The van der Waals surface area contributed by atoms with Gasteiger partial charge in [-0.2, -0.15) is 0 Å². The highest BCUT2D eigenvalue weighted by Crippen LogP contribution is 2.22. The molecule has 1 aromatic rings. The third kappa shape index (κ3) is 5.52. The first kappa shape index (κ1) is 22.1. The molecule has 1 rings (SSSR count). The Balaban J connectivity index is 3.09. The minimum Gasteiger partial charge on any atom is -0.480 e. The molecule has 148 valence electrons. The van der Waals surface area contributed by atoms with Crippen molar-refractivity contribution >= 4 is 23.8 Å². The van der Waals surface area contributed by atoms with E-state index in [0.29, 0.717) is 5.56 Å². The number of hydrogen-bond donors (Lipinski definition) is 2. The standard InChI is InChI=1S/C18H23NO8/c1-10(12(17(23)26-3)18(24)27-4)13(16(21)22)19-15(20)14(25-2)11-8-6-5-7-9-11/h5-10,12-14H,1-4H3,(H,19,20)(H,21,22)/t10-,13-,14+/m0/s1. The molecule has 0 heterocycles. The summed E-state index contributed by atoms with van der Waals surface area (Å²) >= 11 is 0. The molecule has 9 nitrogen and oxygen atoms in total. The van der Waals surface area contributed by atoms with Gasteiger partial charge in [0.05, 0.1) is 14.2 Å². The van der Waals surface area contributed by atoms with E-state index in [0.717, 1.165) is 14.2 Å². The number of aliphatic carboxylic acids is 1. The molecule has 0 bridgehead atoms. The van der Waals surface area contributed by atoms with Crippen LogP contribution in [-0.2, 0) is 33.4 Å². The number of methoxy groups -OCH3 is 3. The second kappa shape index (κ2) is 10.3. The maximum atomic E-state index is 12.6. The fourth-order valence-electron chi connectivity index (χ4n) is 2.64. The lowest BCUT2D eigenvalue weighted by Crippen LogP contribution is -2.51. The fraction of sp³-hybridized carbons (Fsp3) is 0.444. The zero-order valence-electron chi connectivity index (χ0n) is 15.5. The summed E-state index contributed by atoms with van der Waals surface area (Å²) in [4.78, 5) is 48.1. The molecular weight excluding hydrogens is 358 g/mol. The minimum absolute atomic E-state index is 0.520. The van der Waals surface area contributed by atoms with Gasteiger partial charge < -0.3 is 24.6 Å². The number of amides is 1. The van der Waals surface area contributed by atoms with E-state index < -0.39 is 47.8 Å².